The van der Waals surface area contributed by atoms with E-state index in [0.29, 0.717) is 18.9 Å². The Labute approximate surface area is 144 Å². The van der Waals surface area contributed by atoms with Crippen molar-refractivity contribution >= 4 is 26.5 Å². The fourth-order valence-corrected chi connectivity index (χ4v) is 3.94. The molecule has 3 N–H and O–H groups in total. The minimum Gasteiger partial charge on any atom is -0.361 e. The molecule has 1 aromatic carbocycles. The second-order valence-corrected chi connectivity index (χ2v) is 8.71. The average Bonchev–Trinajstić information content (AvgIpc) is 3.11. The molecule has 1 fully saturated rings. The molecule has 0 aliphatic heterocycles. The van der Waals surface area contributed by atoms with Crippen LogP contribution < -0.4 is 10.5 Å². The summed E-state index contributed by atoms with van der Waals surface area (Å²) in [5, 5.41) is 8.18. The Kier molecular flexibility index (Phi) is 4.28. The van der Waals surface area contributed by atoms with Crippen molar-refractivity contribution in [2.24, 2.45) is 5.14 Å². The van der Waals surface area contributed by atoms with Crippen molar-refractivity contribution in [3.05, 3.63) is 41.3 Å². The number of hydrogen-bond acceptors (Lipinski definition) is 5. The summed E-state index contributed by atoms with van der Waals surface area (Å²) in [7, 11) is -3.86. The maximum absolute atomic E-state index is 13.6. The highest BCUT2D eigenvalue weighted by atomic mass is 32.2. The zero-order chi connectivity index (χ0) is 18.5. The highest BCUT2D eigenvalue weighted by molar-refractivity contribution is 7.91. The summed E-state index contributed by atoms with van der Waals surface area (Å²) in [5.41, 5.74) is -1.40. The Morgan fingerprint density at radius 3 is 2.48 bits per heavy atom. The van der Waals surface area contributed by atoms with Gasteiger partial charge in [0.1, 0.15) is 5.82 Å². The first kappa shape index (κ1) is 18.1. The molecule has 0 unspecified atom stereocenters. The first-order valence-corrected chi connectivity index (χ1v) is 9.47. The minimum atomic E-state index is -4.62. The second kappa shape index (κ2) is 5.92. The summed E-state index contributed by atoms with van der Waals surface area (Å²) < 4.78 is 74.5. The van der Waals surface area contributed by atoms with E-state index in [-0.39, 0.29) is 21.4 Å². The van der Waals surface area contributed by atoms with E-state index in [4.69, 9.17) is 5.14 Å². The van der Waals surface area contributed by atoms with Crippen LogP contribution >= 0.6 is 11.3 Å². The van der Waals surface area contributed by atoms with Crippen molar-refractivity contribution in [2.75, 3.05) is 11.9 Å². The number of alkyl halides is 3. The predicted molar refractivity (Wildman–Crippen MR) is 84.3 cm³/mol. The van der Waals surface area contributed by atoms with Crippen molar-refractivity contribution in [3.8, 4) is 0 Å². The molecule has 0 atom stereocenters. The van der Waals surface area contributed by atoms with Gasteiger partial charge < -0.3 is 5.32 Å². The number of anilines is 1. The number of primary sulfonamides is 1. The average molecular weight is 395 g/mol. The summed E-state index contributed by atoms with van der Waals surface area (Å²) >= 11 is 0.825. The number of hydrogen-bond donors (Lipinski definition) is 2. The van der Waals surface area contributed by atoms with Crippen LogP contribution in [-0.4, -0.2) is 19.9 Å². The number of nitrogens with zero attached hydrogens (tertiary/aromatic N) is 1. The molecule has 1 heterocycles. The van der Waals surface area contributed by atoms with Crippen LogP contribution in [0.2, 0.25) is 0 Å². The molecule has 11 heteroatoms. The zero-order valence-electron chi connectivity index (χ0n) is 12.6. The molecule has 1 aliphatic rings. The van der Waals surface area contributed by atoms with Crippen molar-refractivity contribution in [1.82, 2.24) is 4.98 Å². The lowest BCUT2D eigenvalue weighted by Crippen LogP contribution is -2.20. The number of benzene rings is 1. The van der Waals surface area contributed by atoms with Gasteiger partial charge in [0, 0.05) is 12.0 Å². The van der Waals surface area contributed by atoms with Crippen molar-refractivity contribution in [3.63, 3.8) is 0 Å². The maximum atomic E-state index is 13.6. The molecule has 5 nitrogen and oxygen atoms in total. The van der Waals surface area contributed by atoms with Crippen LogP contribution in [-0.2, 0) is 21.6 Å². The summed E-state index contributed by atoms with van der Waals surface area (Å²) in [5.74, 6) is -0.943. The quantitative estimate of drug-likeness (QED) is 0.762. The van der Waals surface area contributed by atoms with Crippen LogP contribution in [0, 0.1) is 5.82 Å². The van der Waals surface area contributed by atoms with Gasteiger partial charge in [-0.15, -0.1) is 0 Å². The Morgan fingerprint density at radius 2 is 1.96 bits per heavy atom. The largest absolute Gasteiger partial charge is 0.416 e. The highest BCUT2D eigenvalue weighted by Gasteiger charge is 2.45. The molecule has 136 valence electrons. The number of nitrogens with one attached hydrogen (secondary N) is 1. The predicted octanol–water partition coefficient (Wildman–Crippen LogP) is 3.09. The molecule has 0 bridgehead atoms. The topological polar surface area (TPSA) is 85.1 Å². The van der Waals surface area contributed by atoms with Gasteiger partial charge in [0.25, 0.3) is 0 Å². The van der Waals surface area contributed by atoms with E-state index >= 15 is 0 Å². The van der Waals surface area contributed by atoms with E-state index in [9.17, 15) is 26.0 Å². The minimum absolute atomic E-state index is 0.120. The molecule has 25 heavy (non-hydrogen) atoms. The maximum Gasteiger partial charge on any atom is 0.416 e. The van der Waals surface area contributed by atoms with Gasteiger partial charge in [0.05, 0.1) is 11.8 Å². The van der Waals surface area contributed by atoms with E-state index in [1.165, 1.54) is 0 Å². The lowest BCUT2D eigenvalue weighted by Gasteiger charge is -2.18. The van der Waals surface area contributed by atoms with Gasteiger partial charge in [-0.05, 0) is 36.6 Å². The third kappa shape index (κ3) is 3.93. The van der Waals surface area contributed by atoms with E-state index in [2.05, 4.69) is 10.3 Å². The molecular formula is C14H13F4N3O2S2. The van der Waals surface area contributed by atoms with E-state index in [1.807, 2.05) is 0 Å². The Hall–Kier alpha value is -1.72. The van der Waals surface area contributed by atoms with Crippen molar-refractivity contribution in [1.29, 1.82) is 0 Å². The SMILES string of the molecule is NS(=O)(=O)c1cnc(NCC2(c3cc(F)cc(C(F)(F)F)c3)CC2)s1. The monoisotopic (exact) mass is 395 g/mol. The van der Waals surface area contributed by atoms with Gasteiger partial charge in [-0.3, -0.25) is 0 Å². The van der Waals surface area contributed by atoms with Gasteiger partial charge in [0.2, 0.25) is 10.0 Å². The first-order chi connectivity index (χ1) is 11.5. The van der Waals surface area contributed by atoms with E-state index in [0.717, 1.165) is 29.7 Å². The third-order valence-electron chi connectivity index (χ3n) is 4.03. The summed E-state index contributed by atoms with van der Waals surface area (Å²) in [6.07, 6.45) is -2.34. The number of sulfonamides is 1. The van der Waals surface area contributed by atoms with E-state index < -0.39 is 33.0 Å². The van der Waals surface area contributed by atoms with Gasteiger partial charge >= 0.3 is 6.18 Å². The Morgan fingerprint density at radius 1 is 1.28 bits per heavy atom. The van der Waals surface area contributed by atoms with Crippen LogP contribution in [0.15, 0.2) is 28.6 Å². The number of thiazole rings is 1. The van der Waals surface area contributed by atoms with Crippen LogP contribution in [0.1, 0.15) is 24.0 Å². The third-order valence-corrected chi connectivity index (χ3v) is 6.40. The second-order valence-electron chi connectivity index (χ2n) is 5.89. The van der Waals surface area contributed by atoms with Crippen LogP contribution in [0.25, 0.3) is 0 Å². The molecule has 0 amide bonds. The van der Waals surface area contributed by atoms with Crippen LogP contribution in [0.5, 0.6) is 0 Å². The molecule has 1 aromatic heterocycles. The van der Waals surface area contributed by atoms with Crippen LogP contribution in [0.3, 0.4) is 0 Å². The molecular weight excluding hydrogens is 382 g/mol. The molecule has 0 spiro atoms. The smallest absolute Gasteiger partial charge is 0.361 e. The molecule has 2 aromatic rings. The molecule has 3 rings (SSSR count). The molecule has 0 saturated heterocycles. The van der Waals surface area contributed by atoms with Crippen molar-refractivity contribution < 1.29 is 26.0 Å². The fourth-order valence-electron chi connectivity index (χ4n) is 2.50. The fraction of sp³-hybridized carbons (Fsp3) is 0.357. The summed E-state index contributed by atoms with van der Waals surface area (Å²) in [4.78, 5) is 3.88. The van der Waals surface area contributed by atoms with E-state index in [1.54, 1.807) is 0 Å². The number of nitrogens with two attached hydrogens (primary N) is 1. The zero-order valence-corrected chi connectivity index (χ0v) is 14.2. The highest BCUT2D eigenvalue weighted by Crippen LogP contribution is 2.49. The van der Waals surface area contributed by atoms with Crippen LogP contribution in [0.4, 0.5) is 22.7 Å². The molecule has 1 aliphatic carbocycles. The lowest BCUT2D eigenvalue weighted by molar-refractivity contribution is -0.137. The lowest BCUT2D eigenvalue weighted by atomic mass is 9.94. The van der Waals surface area contributed by atoms with Gasteiger partial charge in [-0.1, -0.05) is 11.3 Å². The first-order valence-electron chi connectivity index (χ1n) is 7.10. The molecule has 1 saturated carbocycles. The van der Waals surface area contributed by atoms with Gasteiger partial charge in [-0.25, -0.2) is 22.9 Å². The van der Waals surface area contributed by atoms with Gasteiger partial charge in [0.15, 0.2) is 9.34 Å². The van der Waals surface area contributed by atoms with Crippen molar-refractivity contribution in [2.45, 2.75) is 28.6 Å². The number of rotatable bonds is 5. The standard InChI is InChI=1S/C14H13F4N3O2S2/c15-10-4-8(3-9(5-10)14(16,17)18)13(1-2-13)7-21-12-20-6-11(24-12)25(19,22)23/h3-6H,1-2,7H2,(H,20,21)(H2,19,22,23). The summed E-state index contributed by atoms with van der Waals surface area (Å²) in [6.45, 7) is 0.214. The normalized spacial score (nSPS) is 16.7. The summed E-state index contributed by atoms with van der Waals surface area (Å²) in [6, 6.07) is 2.52. The number of aromatic nitrogens is 1. The Bertz CT molecular complexity index is 905. The number of halogens is 4. The molecule has 0 radical (unpaired) electrons. The Balaban J connectivity index is 1.79. The van der Waals surface area contributed by atoms with Gasteiger partial charge in [-0.2, -0.15) is 13.2 Å².